The molecule has 0 aliphatic rings. The highest BCUT2D eigenvalue weighted by molar-refractivity contribution is 6.67. The van der Waals surface area contributed by atoms with Gasteiger partial charge in [0.25, 0.3) is 0 Å². The summed E-state index contributed by atoms with van der Waals surface area (Å²) in [5, 5.41) is -1.21. The normalized spacial score (nSPS) is 11.4. The van der Waals surface area contributed by atoms with Gasteiger partial charge in [0.05, 0.1) is 7.85 Å². The van der Waals surface area contributed by atoms with E-state index in [4.69, 9.17) is 47.1 Å². The van der Waals surface area contributed by atoms with Gasteiger partial charge in [-0.3, -0.25) is 0 Å². The Kier molecular flexibility index (Phi) is 6.50. The van der Waals surface area contributed by atoms with Crippen LogP contribution in [0.15, 0.2) is 48.5 Å². The highest BCUT2D eigenvalue weighted by Crippen LogP contribution is 2.35. The second kappa shape index (κ2) is 8.65. The zero-order chi connectivity index (χ0) is 23.1. The van der Waals surface area contributed by atoms with Crippen molar-refractivity contribution in [3.63, 3.8) is 0 Å². The average molecular weight is 389 g/mol. The van der Waals surface area contributed by atoms with Crippen LogP contribution in [-0.4, -0.2) is 75.3 Å². The molecule has 31 heavy (non-hydrogen) atoms. The van der Waals surface area contributed by atoms with Gasteiger partial charge in [-0.15, -0.1) is 27.3 Å². The summed E-state index contributed by atoms with van der Waals surface area (Å²) in [6.07, 6.45) is 0. The van der Waals surface area contributed by atoms with Gasteiger partial charge in [-0.25, -0.2) is 0 Å². The standard InChI is InChI=1S/C23H20B6N2/c1-30(2)15-9-5-13(6-10-15)23(29,14-7-11-16(12-8-14)31(3)4)17-18(24)20(26)22(28)21(27)19(17)25/h5-12H,1-4H3. The fourth-order valence-electron chi connectivity index (χ4n) is 3.77. The maximum Gasteiger partial charge on any atom is 0.113 e. The number of nitrogens with zero attached hydrogens (tertiary/aromatic N) is 2. The summed E-state index contributed by atoms with van der Waals surface area (Å²) in [6, 6.07) is 15.8. The lowest BCUT2D eigenvalue weighted by Crippen LogP contribution is -2.59. The van der Waals surface area contributed by atoms with Crippen LogP contribution in [0.1, 0.15) is 16.7 Å². The Morgan fingerprint density at radius 2 is 0.806 bits per heavy atom. The Hall–Kier alpha value is -2.35. The van der Waals surface area contributed by atoms with E-state index >= 15 is 0 Å². The van der Waals surface area contributed by atoms with Crippen LogP contribution in [0.5, 0.6) is 0 Å². The van der Waals surface area contributed by atoms with E-state index in [0.717, 1.165) is 22.5 Å². The largest absolute Gasteiger partial charge is 0.378 e. The average Bonchev–Trinajstić information content (AvgIpc) is 2.76. The van der Waals surface area contributed by atoms with Gasteiger partial charge in [-0.2, -0.15) is 0 Å². The molecule has 12 radical (unpaired) electrons. The minimum Gasteiger partial charge on any atom is -0.378 e. The molecule has 0 saturated heterocycles. The van der Waals surface area contributed by atoms with Gasteiger partial charge in [0.1, 0.15) is 39.2 Å². The first-order chi connectivity index (χ1) is 14.5. The molecule has 0 amide bonds. The molecule has 0 heterocycles. The molecule has 8 heteroatoms. The highest BCUT2D eigenvalue weighted by Gasteiger charge is 2.34. The minimum atomic E-state index is -1.21. The van der Waals surface area contributed by atoms with Crippen LogP contribution >= 0.6 is 0 Å². The fraction of sp³-hybridized carbons (Fsp3) is 0.217. The van der Waals surface area contributed by atoms with Gasteiger partial charge in [0, 0.05) is 44.9 Å². The van der Waals surface area contributed by atoms with Crippen LogP contribution in [-0.2, 0) is 5.31 Å². The van der Waals surface area contributed by atoms with E-state index in [1.807, 2.05) is 86.5 Å². The molecule has 140 valence electrons. The minimum absolute atomic E-state index is 0.159. The van der Waals surface area contributed by atoms with E-state index in [1.165, 1.54) is 0 Å². The lowest BCUT2D eigenvalue weighted by molar-refractivity contribution is 0.891. The maximum absolute atomic E-state index is 7.16. The summed E-state index contributed by atoms with van der Waals surface area (Å²) in [5.74, 6) is 0. The quantitative estimate of drug-likeness (QED) is 0.377. The molecule has 0 aromatic heterocycles. The molecule has 2 nitrogen and oxygen atoms in total. The van der Waals surface area contributed by atoms with Crippen molar-refractivity contribution in [3.05, 3.63) is 65.2 Å². The second-order valence-corrected chi connectivity index (χ2v) is 8.13. The molecule has 0 atom stereocenters. The molecule has 0 spiro atoms. The zero-order valence-corrected chi connectivity index (χ0v) is 18.5. The third-order valence-corrected chi connectivity index (χ3v) is 5.77. The number of hydrogen-bond acceptors (Lipinski definition) is 2. The molecular weight excluding hydrogens is 369 g/mol. The van der Waals surface area contributed by atoms with Crippen molar-refractivity contribution in [2.75, 3.05) is 38.0 Å². The fourth-order valence-corrected chi connectivity index (χ4v) is 3.77. The molecule has 0 N–H and O–H groups in total. The summed E-state index contributed by atoms with van der Waals surface area (Å²) in [5.41, 5.74) is 5.03. The van der Waals surface area contributed by atoms with Gasteiger partial charge in [0.15, 0.2) is 0 Å². The first kappa shape index (κ1) is 23.3. The summed E-state index contributed by atoms with van der Waals surface area (Å²) >= 11 is 0. The molecule has 0 aliphatic carbocycles. The van der Waals surface area contributed by atoms with E-state index in [2.05, 4.69) is 0 Å². The lowest BCUT2D eigenvalue weighted by atomic mass is 9.48. The maximum atomic E-state index is 7.16. The van der Waals surface area contributed by atoms with Crippen LogP contribution in [0, 0.1) is 0 Å². The Labute approximate surface area is 194 Å². The Bertz CT molecular complexity index is 1010. The Morgan fingerprint density at radius 1 is 0.516 bits per heavy atom. The van der Waals surface area contributed by atoms with Crippen molar-refractivity contribution in [2.45, 2.75) is 5.31 Å². The van der Waals surface area contributed by atoms with Gasteiger partial charge >= 0.3 is 0 Å². The van der Waals surface area contributed by atoms with Gasteiger partial charge in [0.2, 0.25) is 0 Å². The van der Waals surface area contributed by atoms with Gasteiger partial charge in [-0.05, 0) is 35.4 Å². The molecule has 0 fully saturated rings. The predicted octanol–water partition coefficient (Wildman–Crippen LogP) is -1.75. The van der Waals surface area contributed by atoms with E-state index in [9.17, 15) is 0 Å². The van der Waals surface area contributed by atoms with Crippen LogP contribution in [0.2, 0.25) is 0 Å². The molecule has 3 aromatic rings. The van der Waals surface area contributed by atoms with E-state index in [0.29, 0.717) is 5.56 Å². The van der Waals surface area contributed by atoms with Crippen molar-refractivity contribution in [2.24, 2.45) is 0 Å². The third kappa shape index (κ3) is 3.97. The number of rotatable bonds is 5. The van der Waals surface area contributed by atoms with E-state index < -0.39 is 5.31 Å². The summed E-state index contributed by atoms with van der Waals surface area (Å²) < 4.78 is 0. The summed E-state index contributed by atoms with van der Waals surface area (Å²) in [7, 11) is 46.3. The van der Waals surface area contributed by atoms with Crippen LogP contribution < -0.4 is 37.1 Å². The zero-order valence-electron chi connectivity index (χ0n) is 18.5. The molecule has 0 aliphatic heterocycles. The Balaban J connectivity index is 2.35. The lowest BCUT2D eigenvalue weighted by Gasteiger charge is -2.38. The number of hydrogen-bond donors (Lipinski definition) is 0. The van der Waals surface area contributed by atoms with E-state index in [1.54, 1.807) is 0 Å². The van der Waals surface area contributed by atoms with Crippen molar-refractivity contribution >= 4 is 85.8 Å². The van der Waals surface area contributed by atoms with Crippen LogP contribution in [0.3, 0.4) is 0 Å². The molecule has 0 saturated carbocycles. The van der Waals surface area contributed by atoms with E-state index in [-0.39, 0.29) is 27.3 Å². The third-order valence-electron chi connectivity index (χ3n) is 5.77. The number of benzene rings is 3. The molecule has 0 unspecified atom stereocenters. The van der Waals surface area contributed by atoms with Crippen LogP contribution in [0.4, 0.5) is 11.4 Å². The van der Waals surface area contributed by atoms with Crippen LogP contribution in [0.25, 0.3) is 0 Å². The van der Waals surface area contributed by atoms with Gasteiger partial charge in [-0.1, -0.05) is 29.8 Å². The Morgan fingerprint density at radius 3 is 1.10 bits per heavy atom. The smallest absolute Gasteiger partial charge is 0.113 e. The topological polar surface area (TPSA) is 6.48 Å². The highest BCUT2D eigenvalue weighted by atomic mass is 15.1. The van der Waals surface area contributed by atoms with Crippen molar-refractivity contribution in [3.8, 4) is 0 Å². The van der Waals surface area contributed by atoms with Crippen molar-refractivity contribution in [1.29, 1.82) is 0 Å². The summed E-state index contributed by atoms with van der Waals surface area (Å²) in [6.45, 7) is 0. The van der Waals surface area contributed by atoms with Gasteiger partial charge < -0.3 is 9.80 Å². The molecule has 3 rings (SSSR count). The molecular formula is C23H20B6N2. The summed E-state index contributed by atoms with van der Waals surface area (Å²) in [4.78, 5) is 4.02. The second-order valence-electron chi connectivity index (χ2n) is 8.13. The molecule has 0 bridgehead atoms. The SMILES string of the molecule is [B]c1c([B])c([B])c(C([B])(c2ccc(N(C)C)cc2)c2ccc(N(C)C)cc2)c([B])c1[B]. The first-order valence-corrected chi connectivity index (χ1v) is 9.86. The van der Waals surface area contributed by atoms with Crippen molar-refractivity contribution in [1.82, 2.24) is 0 Å². The number of anilines is 2. The monoisotopic (exact) mass is 390 g/mol. The van der Waals surface area contributed by atoms with Crippen molar-refractivity contribution < 1.29 is 0 Å². The first-order valence-electron chi connectivity index (χ1n) is 9.86. The molecule has 3 aromatic carbocycles. The predicted molar refractivity (Wildman–Crippen MR) is 141 cm³/mol.